The van der Waals surface area contributed by atoms with E-state index in [9.17, 15) is 4.79 Å². The summed E-state index contributed by atoms with van der Waals surface area (Å²) in [5.41, 5.74) is 2.01. The number of halogens is 1. The van der Waals surface area contributed by atoms with Gasteiger partial charge in [0.05, 0.1) is 6.61 Å². The average molecular weight is 378 g/mol. The van der Waals surface area contributed by atoms with Crippen LogP contribution in [0.15, 0.2) is 46.9 Å². The maximum atomic E-state index is 11.9. The van der Waals surface area contributed by atoms with E-state index in [1.807, 2.05) is 37.3 Å². The molecule has 0 spiro atoms. The Balaban J connectivity index is 1.70. The van der Waals surface area contributed by atoms with Crippen molar-refractivity contribution < 1.29 is 14.3 Å². The number of ether oxygens (including phenoxy) is 2. The molecule has 0 radical (unpaired) electrons. The van der Waals surface area contributed by atoms with Gasteiger partial charge in [-0.25, -0.2) is 4.79 Å². The molecule has 1 aromatic carbocycles. The molecule has 1 atom stereocenters. The molecular weight excluding hydrogens is 358 g/mol. The summed E-state index contributed by atoms with van der Waals surface area (Å²) in [6.07, 6.45) is 0.901. The van der Waals surface area contributed by atoms with Crippen molar-refractivity contribution >= 4 is 21.9 Å². The molecule has 0 saturated carbocycles. The molecule has 0 bridgehead atoms. The van der Waals surface area contributed by atoms with Crippen LogP contribution < -0.4 is 4.74 Å². The van der Waals surface area contributed by atoms with Crippen molar-refractivity contribution in [2.24, 2.45) is 0 Å². The van der Waals surface area contributed by atoms with E-state index < -0.39 is 6.10 Å². The Morgan fingerprint density at radius 2 is 1.96 bits per heavy atom. The molecular formula is C18H20BrNO3. The van der Waals surface area contributed by atoms with Crippen molar-refractivity contribution in [3.63, 3.8) is 0 Å². The first-order valence-corrected chi connectivity index (χ1v) is 8.35. The zero-order valence-electron chi connectivity index (χ0n) is 13.3. The number of aromatic nitrogens is 1. The van der Waals surface area contributed by atoms with Gasteiger partial charge in [0.2, 0.25) is 0 Å². The van der Waals surface area contributed by atoms with Gasteiger partial charge >= 0.3 is 5.97 Å². The Hall–Kier alpha value is -1.88. The highest BCUT2D eigenvalue weighted by molar-refractivity contribution is 9.10. The summed E-state index contributed by atoms with van der Waals surface area (Å²) >= 11 is 3.35. The number of hydrogen-bond acceptors (Lipinski definition) is 4. The summed E-state index contributed by atoms with van der Waals surface area (Å²) < 4.78 is 11.8. The number of aryl methyl sites for hydroxylation is 2. The lowest BCUT2D eigenvalue weighted by atomic mass is 10.2. The van der Waals surface area contributed by atoms with E-state index in [0.29, 0.717) is 12.4 Å². The molecule has 0 amide bonds. The summed E-state index contributed by atoms with van der Waals surface area (Å²) in [5.74, 6) is 0.284. The summed E-state index contributed by atoms with van der Waals surface area (Å²) in [6.45, 7) is 4.01. The third kappa shape index (κ3) is 6.02. The molecule has 0 fully saturated rings. The number of pyridine rings is 1. The molecule has 4 nitrogen and oxygen atoms in total. The second-order valence-electron chi connectivity index (χ2n) is 5.26. The van der Waals surface area contributed by atoms with Gasteiger partial charge in [-0.2, -0.15) is 0 Å². The molecule has 2 rings (SSSR count). The van der Waals surface area contributed by atoms with E-state index in [0.717, 1.165) is 28.7 Å². The van der Waals surface area contributed by atoms with Crippen LogP contribution in [0.4, 0.5) is 0 Å². The average Bonchev–Trinajstić information content (AvgIpc) is 2.53. The summed E-state index contributed by atoms with van der Waals surface area (Å²) in [6, 6.07) is 13.3. The second-order valence-corrected chi connectivity index (χ2v) is 6.17. The van der Waals surface area contributed by atoms with E-state index in [2.05, 4.69) is 20.9 Å². The lowest BCUT2D eigenvalue weighted by molar-refractivity contribution is -0.151. The van der Waals surface area contributed by atoms with Crippen LogP contribution in [0.2, 0.25) is 0 Å². The zero-order chi connectivity index (χ0) is 16.7. The molecule has 1 unspecified atom stereocenters. The number of carbonyl (C=O) groups excluding carboxylic acids is 1. The SMILES string of the molecule is Cc1cccc(CCCOC(=O)C(C)Oc2ccc(Br)cc2)n1. The fraction of sp³-hybridized carbons (Fsp3) is 0.333. The van der Waals surface area contributed by atoms with Gasteiger partial charge in [0.25, 0.3) is 0 Å². The summed E-state index contributed by atoms with van der Waals surface area (Å²) in [4.78, 5) is 16.3. The molecule has 23 heavy (non-hydrogen) atoms. The van der Waals surface area contributed by atoms with Crippen LogP contribution in [-0.2, 0) is 16.0 Å². The molecule has 1 aromatic heterocycles. The molecule has 122 valence electrons. The predicted octanol–water partition coefficient (Wildman–Crippen LogP) is 4.10. The van der Waals surface area contributed by atoms with Crippen molar-refractivity contribution in [1.29, 1.82) is 0 Å². The Morgan fingerprint density at radius 3 is 2.65 bits per heavy atom. The quantitative estimate of drug-likeness (QED) is 0.538. The number of esters is 1. The highest BCUT2D eigenvalue weighted by Crippen LogP contribution is 2.17. The van der Waals surface area contributed by atoms with Crippen molar-refractivity contribution in [3.8, 4) is 5.75 Å². The van der Waals surface area contributed by atoms with Crippen molar-refractivity contribution in [3.05, 3.63) is 58.3 Å². The maximum Gasteiger partial charge on any atom is 0.347 e. The van der Waals surface area contributed by atoms with Gasteiger partial charge in [0.1, 0.15) is 5.75 Å². The molecule has 0 N–H and O–H groups in total. The van der Waals surface area contributed by atoms with Crippen LogP contribution in [0.1, 0.15) is 24.7 Å². The van der Waals surface area contributed by atoms with Crippen LogP contribution in [0.25, 0.3) is 0 Å². The highest BCUT2D eigenvalue weighted by Gasteiger charge is 2.16. The molecule has 0 aliphatic rings. The number of hydrogen-bond donors (Lipinski definition) is 0. The smallest absolute Gasteiger partial charge is 0.347 e. The van der Waals surface area contributed by atoms with Gasteiger partial charge in [0.15, 0.2) is 6.10 Å². The van der Waals surface area contributed by atoms with E-state index in [1.165, 1.54) is 0 Å². The van der Waals surface area contributed by atoms with Crippen LogP contribution in [0.5, 0.6) is 5.75 Å². The largest absolute Gasteiger partial charge is 0.479 e. The molecule has 0 aliphatic heterocycles. The Bertz CT molecular complexity index is 643. The lowest BCUT2D eigenvalue weighted by Crippen LogP contribution is -2.26. The first-order valence-electron chi connectivity index (χ1n) is 7.56. The number of nitrogens with zero attached hydrogens (tertiary/aromatic N) is 1. The molecule has 1 heterocycles. The van der Waals surface area contributed by atoms with Gasteiger partial charge in [-0.3, -0.25) is 4.98 Å². The minimum atomic E-state index is -0.631. The van der Waals surface area contributed by atoms with Gasteiger partial charge in [-0.1, -0.05) is 22.0 Å². The van der Waals surface area contributed by atoms with Gasteiger partial charge in [-0.05, 0) is 63.1 Å². The second kappa shape index (κ2) is 8.67. The third-order valence-electron chi connectivity index (χ3n) is 3.23. The summed E-state index contributed by atoms with van der Waals surface area (Å²) in [7, 11) is 0. The number of benzene rings is 1. The van der Waals surface area contributed by atoms with Gasteiger partial charge in [0, 0.05) is 15.9 Å². The Morgan fingerprint density at radius 1 is 1.22 bits per heavy atom. The fourth-order valence-corrected chi connectivity index (χ4v) is 2.31. The monoisotopic (exact) mass is 377 g/mol. The van der Waals surface area contributed by atoms with E-state index in [4.69, 9.17) is 9.47 Å². The van der Waals surface area contributed by atoms with E-state index in [-0.39, 0.29) is 5.97 Å². The normalized spacial score (nSPS) is 11.8. The standard InChI is InChI=1S/C18H20BrNO3/c1-13-5-3-6-16(20-13)7-4-12-22-18(21)14(2)23-17-10-8-15(19)9-11-17/h3,5-6,8-11,14H,4,7,12H2,1-2H3. The Kier molecular flexibility index (Phi) is 6.59. The van der Waals surface area contributed by atoms with Gasteiger partial charge in [-0.15, -0.1) is 0 Å². The maximum absolute atomic E-state index is 11.9. The highest BCUT2D eigenvalue weighted by atomic mass is 79.9. The predicted molar refractivity (Wildman–Crippen MR) is 92.5 cm³/mol. The van der Waals surface area contributed by atoms with Crippen LogP contribution in [-0.4, -0.2) is 23.7 Å². The minimum absolute atomic E-state index is 0.356. The van der Waals surface area contributed by atoms with Crippen molar-refractivity contribution in [1.82, 2.24) is 4.98 Å². The van der Waals surface area contributed by atoms with Crippen molar-refractivity contribution in [2.75, 3.05) is 6.61 Å². The molecule has 0 aliphatic carbocycles. The Labute approximate surface area is 145 Å². The molecule has 5 heteroatoms. The lowest BCUT2D eigenvalue weighted by Gasteiger charge is -2.14. The van der Waals surface area contributed by atoms with E-state index in [1.54, 1.807) is 19.1 Å². The fourth-order valence-electron chi connectivity index (χ4n) is 2.05. The zero-order valence-corrected chi connectivity index (χ0v) is 14.9. The van der Waals surface area contributed by atoms with Crippen LogP contribution in [0, 0.1) is 6.92 Å². The molecule has 0 saturated heterocycles. The van der Waals surface area contributed by atoms with Gasteiger partial charge < -0.3 is 9.47 Å². The minimum Gasteiger partial charge on any atom is -0.479 e. The van der Waals surface area contributed by atoms with Crippen LogP contribution >= 0.6 is 15.9 Å². The first kappa shape index (κ1) is 17.5. The first-order chi connectivity index (χ1) is 11.0. The van der Waals surface area contributed by atoms with Crippen LogP contribution in [0.3, 0.4) is 0 Å². The van der Waals surface area contributed by atoms with Crippen molar-refractivity contribution in [2.45, 2.75) is 32.8 Å². The third-order valence-corrected chi connectivity index (χ3v) is 3.75. The number of rotatable bonds is 7. The topological polar surface area (TPSA) is 48.4 Å². The van der Waals surface area contributed by atoms with E-state index >= 15 is 0 Å². The number of carbonyl (C=O) groups is 1. The summed E-state index contributed by atoms with van der Waals surface area (Å²) in [5, 5.41) is 0. The molecule has 2 aromatic rings.